The van der Waals surface area contributed by atoms with Gasteiger partial charge in [-0.15, -0.1) is 0 Å². The van der Waals surface area contributed by atoms with Crippen LogP contribution in [0.4, 0.5) is 4.39 Å². The van der Waals surface area contributed by atoms with Crippen molar-refractivity contribution < 1.29 is 14.3 Å². The number of nitrogens with one attached hydrogen (secondary N) is 2. The van der Waals surface area contributed by atoms with Gasteiger partial charge in [-0.2, -0.15) is 0 Å². The fraction of sp³-hybridized carbons (Fsp3) is 0.536. The summed E-state index contributed by atoms with van der Waals surface area (Å²) in [7, 11) is 0. The van der Waals surface area contributed by atoms with Crippen molar-refractivity contribution in [3.63, 3.8) is 0 Å². The molecule has 184 valence electrons. The van der Waals surface area contributed by atoms with Crippen LogP contribution in [0, 0.1) is 17.7 Å². The van der Waals surface area contributed by atoms with E-state index >= 15 is 0 Å². The molecule has 0 radical (unpaired) electrons. The molecule has 4 rings (SSSR count). The Bertz CT molecular complexity index is 1030. The molecule has 1 amide bonds. The summed E-state index contributed by atoms with van der Waals surface area (Å²) in [4.78, 5) is 15.6. The lowest BCUT2D eigenvalue weighted by molar-refractivity contribution is -0.124. The molecule has 0 unspecified atom stereocenters. The molecular weight excluding hydrogens is 429 g/mol. The van der Waals surface area contributed by atoms with Crippen LogP contribution in [0.15, 0.2) is 42.5 Å². The highest BCUT2D eigenvalue weighted by molar-refractivity contribution is 5.82. The van der Waals surface area contributed by atoms with Gasteiger partial charge in [-0.3, -0.25) is 4.79 Å². The van der Waals surface area contributed by atoms with Crippen LogP contribution in [0.1, 0.15) is 50.8 Å². The Labute approximate surface area is 202 Å². The van der Waals surface area contributed by atoms with Crippen LogP contribution in [0.2, 0.25) is 0 Å². The number of fused-ring (bicyclic) bond motifs is 1. The summed E-state index contributed by atoms with van der Waals surface area (Å²) in [5, 5.41) is 16.5. The van der Waals surface area contributed by atoms with Crippen molar-refractivity contribution in [3.05, 3.63) is 65.0 Å². The van der Waals surface area contributed by atoms with Crippen molar-refractivity contribution >= 4 is 5.91 Å². The lowest BCUT2D eigenvalue weighted by Gasteiger charge is -2.46. The highest BCUT2D eigenvalue weighted by atomic mass is 19.1. The van der Waals surface area contributed by atoms with E-state index in [4.69, 9.17) is 0 Å². The van der Waals surface area contributed by atoms with E-state index in [9.17, 15) is 14.3 Å². The SMILES string of the molecule is CC(C)[C@@H](CN1CC[C@@](C)(c2cccc(O)c2)[C@@H](C)C1)NC(=O)[C@H]1Cc2ccc(F)cc2CN1. The summed E-state index contributed by atoms with van der Waals surface area (Å²) in [6.45, 7) is 12.1. The summed E-state index contributed by atoms with van der Waals surface area (Å²) in [5.74, 6) is 0.828. The smallest absolute Gasteiger partial charge is 0.237 e. The number of amides is 1. The molecule has 5 nitrogen and oxygen atoms in total. The molecule has 2 aliphatic heterocycles. The highest BCUT2D eigenvalue weighted by Gasteiger charge is 2.39. The Kier molecular flexibility index (Phi) is 7.29. The Balaban J connectivity index is 1.36. The first-order valence-corrected chi connectivity index (χ1v) is 12.5. The summed E-state index contributed by atoms with van der Waals surface area (Å²) in [5.41, 5.74) is 3.18. The third kappa shape index (κ3) is 5.28. The van der Waals surface area contributed by atoms with E-state index in [-0.39, 0.29) is 29.2 Å². The summed E-state index contributed by atoms with van der Waals surface area (Å²) in [6, 6.07) is 12.2. The molecule has 4 atom stereocenters. The average molecular weight is 468 g/mol. The molecule has 0 spiro atoms. The molecule has 0 aromatic heterocycles. The molecule has 3 N–H and O–H groups in total. The van der Waals surface area contributed by atoms with Crippen LogP contribution in [0.5, 0.6) is 5.75 Å². The normalized spacial score (nSPS) is 26.2. The maximum Gasteiger partial charge on any atom is 0.237 e. The van der Waals surface area contributed by atoms with Gasteiger partial charge in [0.15, 0.2) is 0 Å². The predicted octanol–water partition coefficient (Wildman–Crippen LogP) is 3.99. The van der Waals surface area contributed by atoms with Crippen LogP contribution in [0.3, 0.4) is 0 Å². The summed E-state index contributed by atoms with van der Waals surface area (Å²) in [6.07, 6.45) is 1.59. The van der Waals surface area contributed by atoms with Crippen LogP contribution < -0.4 is 10.6 Å². The van der Waals surface area contributed by atoms with Gasteiger partial charge in [-0.05, 0) is 77.6 Å². The number of halogens is 1. The number of rotatable bonds is 6. The first kappa shape index (κ1) is 24.7. The quantitative estimate of drug-likeness (QED) is 0.601. The van der Waals surface area contributed by atoms with E-state index in [0.717, 1.165) is 37.2 Å². The molecule has 1 fully saturated rings. The summed E-state index contributed by atoms with van der Waals surface area (Å²) >= 11 is 0. The molecule has 0 aliphatic carbocycles. The zero-order valence-corrected chi connectivity index (χ0v) is 20.8. The van der Waals surface area contributed by atoms with Gasteiger partial charge in [-0.25, -0.2) is 4.39 Å². The average Bonchev–Trinajstić information content (AvgIpc) is 2.80. The minimum absolute atomic E-state index is 0.0170. The lowest BCUT2D eigenvalue weighted by Crippen LogP contribution is -2.56. The summed E-state index contributed by atoms with van der Waals surface area (Å²) < 4.78 is 13.5. The molecule has 2 aliphatic rings. The van der Waals surface area contributed by atoms with Crippen LogP contribution in [-0.4, -0.2) is 47.6 Å². The Morgan fingerprint density at radius 3 is 2.76 bits per heavy atom. The molecule has 0 bridgehead atoms. The van der Waals surface area contributed by atoms with Gasteiger partial charge in [0.2, 0.25) is 5.91 Å². The Morgan fingerprint density at radius 2 is 2.06 bits per heavy atom. The van der Waals surface area contributed by atoms with Crippen molar-refractivity contribution in [3.8, 4) is 5.75 Å². The first-order chi connectivity index (χ1) is 16.2. The number of benzene rings is 2. The third-order valence-electron chi connectivity index (χ3n) is 8.11. The van der Waals surface area contributed by atoms with Gasteiger partial charge in [0.05, 0.1) is 6.04 Å². The molecule has 2 heterocycles. The number of likely N-dealkylation sites (tertiary alicyclic amines) is 1. The van der Waals surface area contributed by atoms with Gasteiger partial charge in [0.25, 0.3) is 0 Å². The Morgan fingerprint density at radius 1 is 1.26 bits per heavy atom. The number of nitrogens with zero attached hydrogens (tertiary/aromatic N) is 1. The standard InChI is InChI=1S/C28H38FN3O2/c1-18(2)26(31-27(34)25-13-20-8-9-23(29)12-21(20)15-30-25)17-32-11-10-28(4,19(3)16-32)22-6-5-7-24(33)14-22/h5-9,12,14,18-19,25-26,30,33H,10-11,13,15-17H2,1-4H3,(H,31,34)/t19-,25+,26+,28+/m0/s1. The van der Waals surface area contributed by atoms with Gasteiger partial charge in [0, 0.05) is 25.7 Å². The van der Waals surface area contributed by atoms with Crippen LogP contribution in [-0.2, 0) is 23.2 Å². The molecule has 1 saturated heterocycles. The van der Waals surface area contributed by atoms with E-state index in [1.807, 2.05) is 12.1 Å². The fourth-order valence-electron chi connectivity index (χ4n) is 5.43. The van der Waals surface area contributed by atoms with Crippen molar-refractivity contribution in [2.24, 2.45) is 11.8 Å². The van der Waals surface area contributed by atoms with Gasteiger partial charge in [-0.1, -0.05) is 45.9 Å². The number of phenols is 1. The van der Waals surface area contributed by atoms with E-state index in [1.54, 1.807) is 18.2 Å². The minimum Gasteiger partial charge on any atom is -0.508 e. The molecule has 2 aromatic carbocycles. The number of phenolic OH excluding ortho intramolecular Hbond substituents is 1. The number of hydrogen-bond donors (Lipinski definition) is 3. The van der Waals surface area contributed by atoms with Gasteiger partial charge >= 0.3 is 0 Å². The fourth-order valence-corrected chi connectivity index (χ4v) is 5.43. The lowest BCUT2D eigenvalue weighted by atomic mass is 9.68. The second-order valence-corrected chi connectivity index (χ2v) is 10.8. The molecule has 6 heteroatoms. The zero-order valence-electron chi connectivity index (χ0n) is 20.8. The number of aromatic hydroxyl groups is 1. The number of carbonyl (C=O) groups excluding carboxylic acids is 1. The number of hydrogen-bond acceptors (Lipinski definition) is 4. The molecule has 34 heavy (non-hydrogen) atoms. The predicted molar refractivity (Wildman–Crippen MR) is 133 cm³/mol. The van der Waals surface area contributed by atoms with Crippen LogP contribution >= 0.6 is 0 Å². The molecule has 0 saturated carbocycles. The number of piperidine rings is 1. The minimum atomic E-state index is -0.298. The second-order valence-electron chi connectivity index (χ2n) is 10.8. The Hall–Kier alpha value is -2.44. The van der Waals surface area contributed by atoms with E-state index in [1.165, 1.54) is 11.6 Å². The van der Waals surface area contributed by atoms with Gasteiger partial charge < -0.3 is 20.6 Å². The maximum absolute atomic E-state index is 13.5. The zero-order chi connectivity index (χ0) is 24.5. The van der Waals surface area contributed by atoms with E-state index < -0.39 is 0 Å². The second kappa shape index (κ2) is 10.0. The van der Waals surface area contributed by atoms with Crippen molar-refractivity contribution in [1.82, 2.24) is 15.5 Å². The van der Waals surface area contributed by atoms with Crippen LogP contribution in [0.25, 0.3) is 0 Å². The first-order valence-electron chi connectivity index (χ1n) is 12.5. The number of carbonyl (C=O) groups is 1. The van der Waals surface area contributed by atoms with E-state index in [2.05, 4.69) is 49.3 Å². The monoisotopic (exact) mass is 467 g/mol. The van der Waals surface area contributed by atoms with Crippen molar-refractivity contribution in [2.45, 2.75) is 64.6 Å². The highest BCUT2D eigenvalue weighted by Crippen LogP contribution is 2.40. The maximum atomic E-state index is 13.5. The van der Waals surface area contributed by atoms with Crippen molar-refractivity contribution in [1.29, 1.82) is 0 Å². The van der Waals surface area contributed by atoms with Gasteiger partial charge in [0.1, 0.15) is 11.6 Å². The molecular formula is C28H38FN3O2. The van der Waals surface area contributed by atoms with E-state index in [0.29, 0.717) is 30.6 Å². The molecule has 2 aromatic rings. The third-order valence-corrected chi connectivity index (χ3v) is 8.11. The van der Waals surface area contributed by atoms with Crippen molar-refractivity contribution in [2.75, 3.05) is 19.6 Å². The largest absolute Gasteiger partial charge is 0.508 e. The topological polar surface area (TPSA) is 64.6 Å².